The second-order valence-electron chi connectivity index (χ2n) is 5.84. The molecule has 1 aliphatic heterocycles. The van der Waals surface area contributed by atoms with Gasteiger partial charge in [0.05, 0.1) is 11.3 Å². The molecule has 0 spiro atoms. The Labute approximate surface area is 120 Å². The molecular weight excluding hydrogens is 276 g/mol. The van der Waals surface area contributed by atoms with Crippen molar-refractivity contribution in [1.29, 1.82) is 0 Å². The first-order chi connectivity index (χ1) is 9.15. The van der Waals surface area contributed by atoms with Gasteiger partial charge < -0.3 is 10.8 Å². The van der Waals surface area contributed by atoms with Crippen LogP contribution in [0.1, 0.15) is 30.9 Å². The molecule has 0 radical (unpaired) electrons. The molecule has 0 atom stereocenters. The van der Waals surface area contributed by atoms with Crippen molar-refractivity contribution in [2.45, 2.75) is 44.1 Å². The zero-order chi connectivity index (χ0) is 15.1. The molecule has 1 heterocycles. The van der Waals surface area contributed by atoms with E-state index in [9.17, 15) is 13.5 Å². The number of nitrogens with two attached hydrogens (primary N) is 1. The summed E-state index contributed by atoms with van der Waals surface area (Å²) in [5, 5.41) is 9.94. The van der Waals surface area contributed by atoms with Gasteiger partial charge in [0, 0.05) is 13.1 Å². The SMILES string of the molecule is Cc1ccc(C)c(S(=O)(=O)N2CCC(C)(O)CC2)c1N. The lowest BCUT2D eigenvalue weighted by Crippen LogP contribution is -2.45. The number of anilines is 1. The van der Waals surface area contributed by atoms with E-state index in [1.54, 1.807) is 26.8 Å². The van der Waals surface area contributed by atoms with Gasteiger partial charge in [-0.1, -0.05) is 12.1 Å². The van der Waals surface area contributed by atoms with E-state index in [-0.39, 0.29) is 4.90 Å². The van der Waals surface area contributed by atoms with Crippen LogP contribution in [0.4, 0.5) is 5.69 Å². The van der Waals surface area contributed by atoms with Crippen LogP contribution in [0.25, 0.3) is 0 Å². The van der Waals surface area contributed by atoms with E-state index >= 15 is 0 Å². The molecule has 0 amide bonds. The van der Waals surface area contributed by atoms with E-state index in [0.29, 0.717) is 37.2 Å². The smallest absolute Gasteiger partial charge is 0.245 e. The Morgan fingerprint density at radius 1 is 1.20 bits per heavy atom. The van der Waals surface area contributed by atoms with Crippen molar-refractivity contribution in [1.82, 2.24) is 4.31 Å². The minimum Gasteiger partial charge on any atom is -0.397 e. The summed E-state index contributed by atoms with van der Waals surface area (Å²) in [6, 6.07) is 3.60. The predicted octanol–water partition coefficient (Wildman–Crippen LogP) is 1.42. The van der Waals surface area contributed by atoms with Crippen molar-refractivity contribution in [2.24, 2.45) is 0 Å². The molecule has 0 unspecified atom stereocenters. The number of nitrogens with zero attached hydrogens (tertiary/aromatic N) is 1. The maximum absolute atomic E-state index is 12.8. The molecule has 112 valence electrons. The van der Waals surface area contributed by atoms with Crippen LogP contribution in [-0.4, -0.2) is 36.5 Å². The fourth-order valence-corrected chi connectivity index (χ4v) is 4.32. The lowest BCUT2D eigenvalue weighted by Gasteiger charge is -2.35. The Balaban J connectivity index is 2.40. The molecule has 1 aromatic rings. The summed E-state index contributed by atoms with van der Waals surface area (Å²) in [7, 11) is -3.60. The number of nitrogen functional groups attached to an aromatic ring is 1. The quantitative estimate of drug-likeness (QED) is 0.809. The van der Waals surface area contributed by atoms with Gasteiger partial charge in [0.25, 0.3) is 0 Å². The van der Waals surface area contributed by atoms with Crippen molar-refractivity contribution < 1.29 is 13.5 Å². The van der Waals surface area contributed by atoms with Gasteiger partial charge in [-0.05, 0) is 44.7 Å². The minimum atomic E-state index is -3.60. The van der Waals surface area contributed by atoms with Gasteiger partial charge in [-0.15, -0.1) is 0 Å². The number of benzene rings is 1. The number of hydrogen-bond donors (Lipinski definition) is 2. The van der Waals surface area contributed by atoms with Crippen LogP contribution in [0.15, 0.2) is 17.0 Å². The van der Waals surface area contributed by atoms with E-state index in [2.05, 4.69) is 0 Å². The monoisotopic (exact) mass is 298 g/mol. The van der Waals surface area contributed by atoms with Crippen LogP contribution < -0.4 is 5.73 Å². The number of aliphatic hydroxyl groups is 1. The Bertz CT molecular complexity index is 614. The molecule has 1 aliphatic rings. The standard InChI is InChI=1S/C14H22N2O3S/c1-10-4-5-11(2)13(12(10)15)20(18,19)16-8-6-14(3,17)7-9-16/h4-5,17H,6-9,15H2,1-3H3. The first-order valence-electron chi connectivity index (χ1n) is 6.73. The zero-order valence-corrected chi connectivity index (χ0v) is 13.0. The van der Waals surface area contributed by atoms with Crippen molar-refractivity contribution in [3.63, 3.8) is 0 Å². The van der Waals surface area contributed by atoms with Crippen molar-refractivity contribution >= 4 is 15.7 Å². The molecule has 0 saturated carbocycles. The molecule has 6 heteroatoms. The molecule has 0 aliphatic carbocycles. The first kappa shape index (κ1) is 15.3. The summed E-state index contributed by atoms with van der Waals surface area (Å²) >= 11 is 0. The van der Waals surface area contributed by atoms with Gasteiger partial charge in [0.15, 0.2) is 0 Å². The highest BCUT2D eigenvalue weighted by Crippen LogP contribution is 2.32. The van der Waals surface area contributed by atoms with Gasteiger partial charge in [0.1, 0.15) is 4.90 Å². The third-order valence-electron chi connectivity index (χ3n) is 4.01. The molecular formula is C14H22N2O3S. The van der Waals surface area contributed by atoms with Crippen LogP contribution in [0.3, 0.4) is 0 Å². The predicted molar refractivity (Wildman–Crippen MR) is 78.9 cm³/mol. The molecule has 1 aromatic carbocycles. The highest BCUT2D eigenvalue weighted by molar-refractivity contribution is 7.89. The average Bonchev–Trinajstić information content (AvgIpc) is 2.33. The summed E-state index contributed by atoms with van der Waals surface area (Å²) in [4.78, 5) is 0.207. The van der Waals surface area contributed by atoms with Crippen LogP contribution in [0.2, 0.25) is 0 Å². The van der Waals surface area contributed by atoms with E-state index in [1.807, 2.05) is 6.07 Å². The average molecular weight is 298 g/mol. The third-order valence-corrected chi connectivity index (χ3v) is 6.11. The lowest BCUT2D eigenvalue weighted by atomic mass is 9.95. The van der Waals surface area contributed by atoms with Crippen molar-refractivity contribution in [2.75, 3.05) is 18.8 Å². The van der Waals surface area contributed by atoms with Crippen LogP contribution in [-0.2, 0) is 10.0 Å². The second kappa shape index (κ2) is 5.02. The van der Waals surface area contributed by atoms with Crippen LogP contribution in [0, 0.1) is 13.8 Å². The molecule has 2 rings (SSSR count). The third kappa shape index (κ3) is 2.68. The summed E-state index contributed by atoms with van der Waals surface area (Å²) < 4.78 is 26.9. The normalized spacial score (nSPS) is 20.0. The van der Waals surface area contributed by atoms with Gasteiger partial charge >= 0.3 is 0 Å². The van der Waals surface area contributed by atoms with E-state index in [1.165, 1.54) is 4.31 Å². The maximum Gasteiger partial charge on any atom is 0.245 e. The second-order valence-corrected chi connectivity index (χ2v) is 7.72. The summed E-state index contributed by atoms with van der Waals surface area (Å²) in [6.07, 6.45) is 0.883. The maximum atomic E-state index is 12.8. The lowest BCUT2D eigenvalue weighted by molar-refractivity contribution is 0.0126. The number of sulfonamides is 1. The van der Waals surface area contributed by atoms with Crippen molar-refractivity contribution in [3.05, 3.63) is 23.3 Å². The zero-order valence-electron chi connectivity index (χ0n) is 12.2. The Morgan fingerprint density at radius 2 is 1.70 bits per heavy atom. The summed E-state index contributed by atoms with van der Waals surface area (Å²) in [6.45, 7) is 5.94. The number of piperidine rings is 1. The fourth-order valence-electron chi connectivity index (χ4n) is 2.49. The molecule has 5 nitrogen and oxygen atoms in total. The number of aryl methyl sites for hydroxylation is 2. The topological polar surface area (TPSA) is 83.6 Å². The van der Waals surface area contributed by atoms with Gasteiger partial charge in [-0.2, -0.15) is 4.31 Å². The van der Waals surface area contributed by atoms with Gasteiger partial charge in [-0.25, -0.2) is 8.42 Å². The Kier molecular flexibility index (Phi) is 3.83. The number of rotatable bonds is 2. The van der Waals surface area contributed by atoms with E-state index < -0.39 is 15.6 Å². The molecule has 20 heavy (non-hydrogen) atoms. The van der Waals surface area contributed by atoms with Gasteiger partial charge in [0.2, 0.25) is 10.0 Å². The molecule has 1 saturated heterocycles. The highest BCUT2D eigenvalue weighted by atomic mass is 32.2. The van der Waals surface area contributed by atoms with Crippen LogP contribution in [0.5, 0.6) is 0 Å². The van der Waals surface area contributed by atoms with Crippen molar-refractivity contribution in [3.8, 4) is 0 Å². The molecule has 3 N–H and O–H groups in total. The molecule has 0 aromatic heterocycles. The highest BCUT2D eigenvalue weighted by Gasteiger charge is 2.35. The Hall–Kier alpha value is -1.11. The van der Waals surface area contributed by atoms with Crippen LogP contribution >= 0.6 is 0 Å². The molecule has 1 fully saturated rings. The molecule has 0 bridgehead atoms. The first-order valence-corrected chi connectivity index (χ1v) is 8.17. The fraction of sp³-hybridized carbons (Fsp3) is 0.571. The summed E-state index contributed by atoms with van der Waals surface area (Å²) in [5.74, 6) is 0. The Morgan fingerprint density at radius 3 is 2.25 bits per heavy atom. The van der Waals surface area contributed by atoms with E-state index in [0.717, 1.165) is 5.56 Å². The summed E-state index contributed by atoms with van der Waals surface area (Å²) in [5.41, 5.74) is 6.94. The number of hydrogen-bond acceptors (Lipinski definition) is 4. The van der Waals surface area contributed by atoms with E-state index in [4.69, 9.17) is 5.73 Å². The van der Waals surface area contributed by atoms with Gasteiger partial charge in [-0.3, -0.25) is 0 Å². The minimum absolute atomic E-state index is 0.207. The largest absolute Gasteiger partial charge is 0.397 e.